The van der Waals surface area contributed by atoms with Crippen LogP contribution in [0.15, 0.2) is 77.7 Å². The lowest BCUT2D eigenvalue weighted by molar-refractivity contribution is -0.118. The van der Waals surface area contributed by atoms with E-state index >= 15 is 0 Å². The number of hydrogen-bond acceptors (Lipinski definition) is 5. The summed E-state index contributed by atoms with van der Waals surface area (Å²) in [6.45, 7) is 6.28. The lowest BCUT2D eigenvalue weighted by Gasteiger charge is -2.18. The van der Waals surface area contributed by atoms with E-state index in [0.717, 1.165) is 16.1 Å². The summed E-state index contributed by atoms with van der Waals surface area (Å²) in [5, 5.41) is 5.47. The highest BCUT2D eigenvalue weighted by Crippen LogP contribution is 2.38. The molecular formula is C27H28N2O4S. The van der Waals surface area contributed by atoms with Crippen LogP contribution in [-0.4, -0.2) is 18.6 Å². The summed E-state index contributed by atoms with van der Waals surface area (Å²) in [5.74, 6) is 1.13. The van der Waals surface area contributed by atoms with Gasteiger partial charge in [0.2, 0.25) is 18.6 Å². The van der Waals surface area contributed by atoms with E-state index in [0.29, 0.717) is 23.6 Å². The first-order chi connectivity index (χ1) is 16.3. The molecule has 0 saturated carbocycles. The van der Waals surface area contributed by atoms with Crippen molar-refractivity contribution in [3.63, 3.8) is 0 Å². The van der Waals surface area contributed by atoms with Gasteiger partial charge in [0.25, 0.3) is 0 Å². The summed E-state index contributed by atoms with van der Waals surface area (Å²) in [6.07, 6.45) is 0.444. The minimum absolute atomic E-state index is 0.0156. The van der Waals surface area contributed by atoms with E-state index in [9.17, 15) is 9.59 Å². The van der Waals surface area contributed by atoms with E-state index in [1.165, 1.54) is 11.8 Å². The van der Waals surface area contributed by atoms with E-state index in [4.69, 9.17) is 9.47 Å². The first-order valence-electron chi connectivity index (χ1n) is 11.1. The van der Waals surface area contributed by atoms with Crippen LogP contribution in [0, 0.1) is 5.41 Å². The molecular weight excluding hydrogens is 448 g/mol. The fraction of sp³-hybridized carbons (Fsp3) is 0.259. The smallest absolute Gasteiger partial charge is 0.242 e. The van der Waals surface area contributed by atoms with Crippen LogP contribution < -0.4 is 20.1 Å². The summed E-state index contributed by atoms with van der Waals surface area (Å²) in [4.78, 5) is 26.4. The Labute approximate surface area is 204 Å². The fourth-order valence-electron chi connectivity index (χ4n) is 3.52. The molecule has 0 bridgehead atoms. The number of fused-ring (bicyclic) bond motifs is 1. The molecule has 1 unspecified atom stereocenters. The van der Waals surface area contributed by atoms with Crippen molar-refractivity contribution in [3.05, 3.63) is 78.4 Å². The molecule has 0 aromatic heterocycles. The van der Waals surface area contributed by atoms with Crippen molar-refractivity contribution in [3.8, 4) is 11.5 Å². The van der Waals surface area contributed by atoms with Crippen LogP contribution >= 0.6 is 11.8 Å². The molecule has 1 aliphatic rings. The largest absolute Gasteiger partial charge is 0.454 e. The predicted molar refractivity (Wildman–Crippen MR) is 135 cm³/mol. The Kier molecular flexibility index (Phi) is 7.12. The number of carbonyl (C=O) groups excluding carboxylic acids is 2. The van der Waals surface area contributed by atoms with Gasteiger partial charge in [0.1, 0.15) is 5.25 Å². The number of nitrogens with one attached hydrogen (secondary N) is 2. The topological polar surface area (TPSA) is 76.7 Å². The van der Waals surface area contributed by atoms with Crippen molar-refractivity contribution in [2.24, 2.45) is 5.41 Å². The molecule has 7 heteroatoms. The Balaban J connectivity index is 1.47. The Morgan fingerprint density at radius 2 is 1.56 bits per heavy atom. The van der Waals surface area contributed by atoms with Crippen LogP contribution in [0.4, 0.5) is 11.4 Å². The van der Waals surface area contributed by atoms with E-state index in [1.807, 2.05) is 75.4 Å². The zero-order valence-electron chi connectivity index (χ0n) is 19.5. The van der Waals surface area contributed by atoms with Crippen molar-refractivity contribution in [2.45, 2.75) is 37.3 Å². The number of thioether (sulfide) groups is 1. The lowest BCUT2D eigenvalue weighted by Crippen LogP contribution is -2.19. The van der Waals surface area contributed by atoms with Crippen LogP contribution in [0.3, 0.4) is 0 Å². The van der Waals surface area contributed by atoms with Gasteiger partial charge in [-0.05, 0) is 47.4 Å². The third-order valence-electron chi connectivity index (χ3n) is 5.06. The third kappa shape index (κ3) is 6.32. The summed E-state index contributed by atoms with van der Waals surface area (Å²) in [6, 6.07) is 22.6. The average Bonchev–Trinajstić information content (AvgIpc) is 3.26. The highest BCUT2D eigenvalue weighted by Gasteiger charge is 2.23. The molecule has 0 spiro atoms. The second kappa shape index (κ2) is 10.2. The molecule has 1 heterocycles. The monoisotopic (exact) mass is 476 g/mol. The molecule has 3 aromatic rings. The molecule has 34 heavy (non-hydrogen) atoms. The third-order valence-corrected chi connectivity index (χ3v) is 6.33. The first kappa shape index (κ1) is 23.7. The summed E-state index contributed by atoms with van der Waals surface area (Å²) in [7, 11) is 0. The van der Waals surface area contributed by atoms with Crippen molar-refractivity contribution < 1.29 is 19.1 Å². The number of benzene rings is 3. The van der Waals surface area contributed by atoms with Crippen molar-refractivity contribution in [1.82, 2.24) is 0 Å². The highest BCUT2D eigenvalue weighted by atomic mass is 32.2. The second-order valence-electron chi connectivity index (χ2n) is 9.28. The maximum absolute atomic E-state index is 13.3. The van der Waals surface area contributed by atoms with Gasteiger partial charge in [0.15, 0.2) is 11.5 Å². The first-order valence-corrected chi connectivity index (χ1v) is 12.0. The molecule has 0 fully saturated rings. The maximum Gasteiger partial charge on any atom is 0.242 e. The fourth-order valence-corrected chi connectivity index (χ4v) is 4.55. The SMILES string of the molecule is CC(C)(C)CC(=O)Nc1ccc(SC(C(=O)Nc2ccc3c(c2)OCO3)c2ccccc2)cc1. The number of anilines is 2. The van der Waals surface area contributed by atoms with Crippen LogP contribution in [0.5, 0.6) is 11.5 Å². The van der Waals surface area contributed by atoms with Crippen LogP contribution in [0.2, 0.25) is 0 Å². The van der Waals surface area contributed by atoms with Crippen LogP contribution in [-0.2, 0) is 9.59 Å². The molecule has 176 valence electrons. The lowest BCUT2D eigenvalue weighted by atomic mass is 9.92. The number of rotatable bonds is 7. The van der Waals surface area contributed by atoms with Crippen LogP contribution in [0.25, 0.3) is 0 Å². The van der Waals surface area contributed by atoms with Crippen molar-refractivity contribution in [1.29, 1.82) is 0 Å². The van der Waals surface area contributed by atoms with Crippen molar-refractivity contribution in [2.75, 3.05) is 17.4 Å². The van der Waals surface area contributed by atoms with E-state index in [2.05, 4.69) is 10.6 Å². The summed E-state index contributed by atoms with van der Waals surface area (Å²) in [5.41, 5.74) is 2.20. The molecule has 2 N–H and O–H groups in total. The Bertz CT molecular complexity index is 1160. The molecule has 1 atom stereocenters. The molecule has 0 aliphatic carbocycles. The minimum Gasteiger partial charge on any atom is -0.454 e. The van der Waals surface area contributed by atoms with Gasteiger partial charge >= 0.3 is 0 Å². The number of hydrogen-bond donors (Lipinski definition) is 2. The van der Waals surface area contributed by atoms with Gasteiger partial charge < -0.3 is 20.1 Å². The Hall–Kier alpha value is -3.45. The number of amides is 2. The van der Waals surface area contributed by atoms with E-state index in [1.54, 1.807) is 18.2 Å². The molecule has 4 rings (SSSR count). The second-order valence-corrected chi connectivity index (χ2v) is 10.5. The predicted octanol–water partition coefficient (Wildman–Crippen LogP) is 6.26. The van der Waals surface area contributed by atoms with Gasteiger partial charge in [-0.1, -0.05) is 51.1 Å². The van der Waals surface area contributed by atoms with Crippen molar-refractivity contribution >= 4 is 35.0 Å². The Morgan fingerprint density at radius 3 is 2.26 bits per heavy atom. The van der Waals surface area contributed by atoms with Gasteiger partial charge in [0.05, 0.1) is 0 Å². The molecule has 0 radical (unpaired) electrons. The van der Waals surface area contributed by atoms with E-state index in [-0.39, 0.29) is 24.0 Å². The summed E-state index contributed by atoms with van der Waals surface area (Å²) < 4.78 is 10.8. The average molecular weight is 477 g/mol. The number of carbonyl (C=O) groups is 2. The Morgan fingerprint density at radius 1 is 0.882 bits per heavy atom. The molecule has 2 amide bonds. The molecule has 3 aromatic carbocycles. The summed E-state index contributed by atoms with van der Waals surface area (Å²) >= 11 is 1.45. The molecule has 6 nitrogen and oxygen atoms in total. The van der Waals surface area contributed by atoms with Crippen LogP contribution in [0.1, 0.15) is 38.0 Å². The van der Waals surface area contributed by atoms with E-state index < -0.39 is 5.25 Å². The van der Waals surface area contributed by atoms with Gasteiger partial charge in [-0.15, -0.1) is 11.8 Å². The normalized spacial score (nSPS) is 13.3. The number of ether oxygens (including phenoxy) is 2. The van der Waals surface area contributed by atoms with Gasteiger partial charge in [-0.2, -0.15) is 0 Å². The minimum atomic E-state index is -0.465. The quantitative estimate of drug-likeness (QED) is 0.394. The van der Waals surface area contributed by atoms with Gasteiger partial charge in [-0.25, -0.2) is 0 Å². The van der Waals surface area contributed by atoms with Gasteiger partial charge in [0, 0.05) is 28.8 Å². The zero-order chi connectivity index (χ0) is 24.1. The zero-order valence-corrected chi connectivity index (χ0v) is 20.3. The molecule has 1 aliphatic heterocycles. The maximum atomic E-state index is 13.3. The highest BCUT2D eigenvalue weighted by molar-refractivity contribution is 8.00. The standard InChI is InChI=1S/C27H28N2O4S/c1-27(2,3)16-24(30)28-19-9-12-21(13-10-19)34-25(18-7-5-4-6-8-18)26(31)29-20-11-14-22-23(15-20)33-17-32-22/h4-15,25H,16-17H2,1-3H3,(H,28,30)(H,29,31). The molecule has 0 saturated heterocycles. The van der Waals surface area contributed by atoms with Gasteiger partial charge in [-0.3, -0.25) is 9.59 Å².